The molecule has 0 radical (unpaired) electrons. The number of carbonyl (C=O) groups excluding carboxylic acids is 1. The summed E-state index contributed by atoms with van der Waals surface area (Å²) in [6, 6.07) is 0. The molecule has 1 saturated heterocycles. The van der Waals surface area contributed by atoms with Crippen LogP contribution in [0.5, 0.6) is 0 Å². The van der Waals surface area contributed by atoms with Gasteiger partial charge < -0.3 is 4.74 Å². The van der Waals surface area contributed by atoms with Gasteiger partial charge >= 0.3 is 5.97 Å². The van der Waals surface area contributed by atoms with Gasteiger partial charge in [0.15, 0.2) is 0 Å². The van der Waals surface area contributed by atoms with E-state index in [9.17, 15) is 4.79 Å². The lowest BCUT2D eigenvalue weighted by Crippen LogP contribution is -2.11. The first-order valence-corrected chi connectivity index (χ1v) is 4.04. The van der Waals surface area contributed by atoms with Gasteiger partial charge in [0.2, 0.25) is 0 Å². The minimum atomic E-state index is 0.104. The van der Waals surface area contributed by atoms with Gasteiger partial charge in [-0.05, 0) is 18.8 Å². The first-order valence-electron chi connectivity index (χ1n) is 4.04. The topological polar surface area (TPSA) is 26.3 Å². The van der Waals surface area contributed by atoms with Crippen LogP contribution in [0.25, 0.3) is 0 Å². The Morgan fingerprint density at radius 3 is 3.20 bits per heavy atom. The molecule has 0 bridgehead atoms. The molecule has 10 heavy (non-hydrogen) atoms. The Labute approximate surface area is 58.5 Å². The van der Waals surface area contributed by atoms with E-state index in [0.29, 0.717) is 23.4 Å². The van der Waals surface area contributed by atoms with Crippen molar-refractivity contribution in [3.05, 3.63) is 0 Å². The van der Waals surface area contributed by atoms with Gasteiger partial charge in [0, 0.05) is 11.3 Å². The summed E-state index contributed by atoms with van der Waals surface area (Å²) in [5.41, 5.74) is 0.582. The molecule has 0 aromatic heterocycles. The predicted molar refractivity (Wildman–Crippen MR) is 32.0 cm³/mol. The van der Waals surface area contributed by atoms with Crippen molar-refractivity contribution in [2.24, 2.45) is 23.2 Å². The van der Waals surface area contributed by atoms with Crippen molar-refractivity contribution in [1.82, 2.24) is 0 Å². The quantitative estimate of drug-likeness (QED) is 0.455. The average Bonchev–Trinajstić information content (AvgIpc) is 2.67. The Balaban J connectivity index is 1.93. The first-order chi connectivity index (χ1) is 4.84. The summed E-state index contributed by atoms with van der Waals surface area (Å²) in [6.07, 6.45) is 2.91. The molecule has 5 atom stereocenters. The van der Waals surface area contributed by atoms with Crippen molar-refractivity contribution >= 4 is 5.97 Å². The van der Waals surface area contributed by atoms with E-state index in [1.807, 2.05) is 0 Å². The SMILES string of the molecule is O=C1OC2C3C1CC1CC123. The Morgan fingerprint density at radius 1 is 1.60 bits per heavy atom. The van der Waals surface area contributed by atoms with E-state index in [1.165, 1.54) is 6.42 Å². The van der Waals surface area contributed by atoms with E-state index in [4.69, 9.17) is 4.74 Å². The van der Waals surface area contributed by atoms with Crippen molar-refractivity contribution in [3.8, 4) is 0 Å². The van der Waals surface area contributed by atoms with Crippen LogP contribution < -0.4 is 0 Å². The average molecular weight is 136 g/mol. The van der Waals surface area contributed by atoms with Crippen LogP contribution in [0.1, 0.15) is 12.8 Å². The minimum Gasteiger partial charge on any atom is -0.461 e. The zero-order valence-electron chi connectivity index (χ0n) is 5.54. The molecule has 4 aliphatic rings. The van der Waals surface area contributed by atoms with Crippen LogP contribution in [0, 0.1) is 23.2 Å². The van der Waals surface area contributed by atoms with E-state index in [-0.39, 0.29) is 5.97 Å². The molecule has 1 heterocycles. The van der Waals surface area contributed by atoms with Crippen molar-refractivity contribution in [2.45, 2.75) is 18.9 Å². The summed E-state index contributed by atoms with van der Waals surface area (Å²) in [5.74, 6) is 2.01. The fraction of sp³-hybridized carbons (Fsp3) is 0.875. The second-order valence-corrected chi connectivity index (χ2v) is 4.24. The van der Waals surface area contributed by atoms with Gasteiger partial charge in [-0.2, -0.15) is 0 Å². The lowest BCUT2D eigenvalue weighted by atomic mass is 10.0. The summed E-state index contributed by atoms with van der Waals surface area (Å²) in [6.45, 7) is 0. The molecule has 4 fully saturated rings. The maximum absolute atomic E-state index is 11.0. The summed E-state index contributed by atoms with van der Waals surface area (Å²) in [5, 5.41) is 0. The normalized spacial score (nSPS) is 72.6. The van der Waals surface area contributed by atoms with Crippen LogP contribution >= 0.6 is 0 Å². The number of rotatable bonds is 0. The van der Waals surface area contributed by atoms with Crippen LogP contribution in [0.2, 0.25) is 0 Å². The third-order valence-corrected chi connectivity index (χ3v) is 4.09. The maximum atomic E-state index is 11.0. The van der Waals surface area contributed by atoms with Gasteiger partial charge in [0.05, 0.1) is 5.92 Å². The Morgan fingerprint density at radius 2 is 2.50 bits per heavy atom. The third kappa shape index (κ3) is 0.211. The van der Waals surface area contributed by atoms with Crippen molar-refractivity contribution in [1.29, 1.82) is 0 Å². The molecular formula is C8H8O2. The molecule has 4 rings (SSSR count). The standard InChI is InChI=1S/C8H8O2/c9-7-4-1-3-2-8(3)5(4)6(8)10-7/h3-6H,1-2H2. The van der Waals surface area contributed by atoms with Gasteiger partial charge in [0.1, 0.15) is 6.10 Å². The minimum absolute atomic E-state index is 0.104. The van der Waals surface area contributed by atoms with Crippen LogP contribution in [0.15, 0.2) is 0 Å². The Kier molecular flexibility index (Phi) is 0.375. The van der Waals surface area contributed by atoms with E-state index in [1.54, 1.807) is 0 Å². The molecule has 1 aliphatic heterocycles. The molecule has 0 amide bonds. The van der Waals surface area contributed by atoms with Crippen LogP contribution in [-0.2, 0) is 9.53 Å². The molecular weight excluding hydrogens is 128 g/mol. The van der Waals surface area contributed by atoms with Crippen molar-refractivity contribution in [3.63, 3.8) is 0 Å². The molecule has 0 N–H and O–H groups in total. The fourth-order valence-corrected chi connectivity index (χ4v) is 3.56. The highest BCUT2D eigenvalue weighted by Crippen LogP contribution is 2.86. The van der Waals surface area contributed by atoms with Crippen molar-refractivity contribution < 1.29 is 9.53 Å². The van der Waals surface area contributed by atoms with Gasteiger partial charge in [-0.25, -0.2) is 0 Å². The van der Waals surface area contributed by atoms with Crippen molar-refractivity contribution in [2.75, 3.05) is 0 Å². The molecule has 1 spiro atoms. The highest BCUT2D eigenvalue weighted by molar-refractivity contribution is 5.80. The predicted octanol–water partition coefficient (Wildman–Crippen LogP) is 0.568. The molecule has 2 heteroatoms. The fourth-order valence-electron chi connectivity index (χ4n) is 3.56. The summed E-state index contributed by atoms with van der Waals surface area (Å²) in [7, 11) is 0. The highest BCUT2D eigenvalue weighted by Gasteiger charge is 2.89. The van der Waals surface area contributed by atoms with Gasteiger partial charge in [-0.15, -0.1) is 0 Å². The first kappa shape index (κ1) is 4.37. The number of hydrogen-bond acceptors (Lipinski definition) is 2. The van der Waals surface area contributed by atoms with E-state index in [2.05, 4.69) is 0 Å². The second kappa shape index (κ2) is 0.858. The zero-order valence-corrected chi connectivity index (χ0v) is 5.54. The monoisotopic (exact) mass is 136 g/mol. The lowest BCUT2D eigenvalue weighted by molar-refractivity contribution is -0.144. The summed E-state index contributed by atoms with van der Waals surface area (Å²) in [4.78, 5) is 11.0. The van der Waals surface area contributed by atoms with Crippen LogP contribution in [0.4, 0.5) is 0 Å². The third-order valence-electron chi connectivity index (χ3n) is 4.09. The number of hydrogen-bond donors (Lipinski definition) is 0. The van der Waals surface area contributed by atoms with E-state index < -0.39 is 0 Å². The second-order valence-electron chi connectivity index (χ2n) is 4.24. The smallest absolute Gasteiger partial charge is 0.309 e. The van der Waals surface area contributed by atoms with Crippen LogP contribution in [-0.4, -0.2) is 12.1 Å². The lowest BCUT2D eigenvalue weighted by Gasteiger charge is -2.02. The van der Waals surface area contributed by atoms with Crippen LogP contribution in [0.3, 0.4) is 0 Å². The molecule has 0 aromatic rings. The molecule has 52 valence electrons. The van der Waals surface area contributed by atoms with E-state index in [0.717, 1.165) is 12.3 Å². The molecule has 3 saturated carbocycles. The molecule has 2 nitrogen and oxygen atoms in total. The zero-order chi connectivity index (χ0) is 6.51. The Hall–Kier alpha value is -0.530. The molecule has 5 unspecified atom stereocenters. The van der Waals surface area contributed by atoms with Gasteiger partial charge in [-0.3, -0.25) is 4.79 Å². The van der Waals surface area contributed by atoms with Gasteiger partial charge in [-0.1, -0.05) is 0 Å². The molecule has 3 aliphatic carbocycles. The van der Waals surface area contributed by atoms with E-state index >= 15 is 0 Å². The Bertz CT molecular complexity index is 260. The van der Waals surface area contributed by atoms with Gasteiger partial charge in [0.25, 0.3) is 0 Å². The maximum Gasteiger partial charge on any atom is 0.309 e. The number of ether oxygens (including phenoxy) is 1. The largest absolute Gasteiger partial charge is 0.461 e. The summed E-state index contributed by atoms with van der Waals surface area (Å²) >= 11 is 0. The number of esters is 1. The highest BCUT2D eigenvalue weighted by atomic mass is 16.6. The number of carbonyl (C=O) groups is 1. The molecule has 0 aromatic carbocycles. The summed E-state index contributed by atoms with van der Waals surface area (Å²) < 4.78 is 5.23.